The van der Waals surface area contributed by atoms with Crippen molar-refractivity contribution in [2.45, 2.75) is 31.1 Å². The van der Waals surface area contributed by atoms with Crippen molar-refractivity contribution in [3.05, 3.63) is 0 Å². The second kappa shape index (κ2) is 3.57. The molecule has 0 saturated carbocycles. The van der Waals surface area contributed by atoms with Crippen LogP contribution in [0.3, 0.4) is 0 Å². The van der Waals surface area contributed by atoms with Gasteiger partial charge in [-0.3, -0.25) is 4.79 Å². The average Bonchev–Trinajstić information content (AvgIpc) is 2.30. The van der Waals surface area contributed by atoms with Gasteiger partial charge in [-0.15, -0.1) is 0 Å². The van der Waals surface area contributed by atoms with Gasteiger partial charge in [0, 0.05) is 11.2 Å². The Morgan fingerprint density at radius 2 is 2.31 bits per heavy atom. The predicted octanol–water partition coefficient (Wildman–Crippen LogP) is 0.758. The van der Waals surface area contributed by atoms with Crippen molar-refractivity contribution in [3.8, 4) is 0 Å². The molecule has 0 aliphatic carbocycles. The van der Waals surface area contributed by atoms with Crippen LogP contribution < -0.4 is 5.73 Å². The van der Waals surface area contributed by atoms with Crippen molar-refractivity contribution < 1.29 is 9.53 Å². The third kappa shape index (κ3) is 2.62. The van der Waals surface area contributed by atoms with E-state index in [4.69, 9.17) is 10.5 Å². The fourth-order valence-corrected chi connectivity index (χ4v) is 1.38. The zero-order chi connectivity index (χ0) is 10.1. The van der Waals surface area contributed by atoms with Crippen LogP contribution in [0, 0.1) is 0 Å². The lowest BCUT2D eigenvalue weighted by atomic mass is 10.0. The summed E-state index contributed by atoms with van der Waals surface area (Å²) in [4.78, 5) is 14.7. The van der Waals surface area contributed by atoms with Gasteiger partial charge < -0.3 is 10.5 Å². The van der Waals surface area contributed by atoms with Crippen LogP contribution in [0.1, 0.15) is 20.3 Å². The Labute approximate surface area is 81.9 Å². The van der Waals surface area contributed by atoms with E-state index in [1.807, 2.05) is 6.26 Å². The number of rotatable bonds is 3. The first-order valence-corrected chi connectivity index (χ1v) is 5.27. The van der Waals surface area contributed by atoms with Crippen LogP contribution >= 0.6 is 11.8 Å². The highest BCUT2D eigenvalue weighted by Crippen LogP contribution is 2.29. The van der Waals surface area contributed by atoms with Gasteiger partial charge in [-0.1, -0.05) is 13.8 Å². The van der Waals surface area contributed by atoms with E-state index < -0.39 is 6.10 Å². The van der Waals surface area contributed by atoms with E-state index in [2.05, 4.69) is 18.8 Å². The zero-order valence-corrected chi connectivity index (χ0v) is 8.85. The second-order valence-electron chi connectivity index (χ2n) is 3.56. The Hall–Kier alpha value is -0.710. The average molecular weight is 202 g/mol. The van der Waals surface area contributed by atoms with Crippen LogP contribution in [0.25, 0.3) is 0 Å². The number of hydrogen-bond acceptors (Lipinski definition) is 4. The molecule has 2 N–H and O–H groups in total. The number of thioether (sulfide) groups is 1. The molecule has 0 fully saturated rings. The van der Waals surface area contributed by atoms with E-state index in [1.165, 1.54) is 0 Å². The number of nitrogens with two attached hydrogens (primary N) is 1. The monoisotopic (exact) mass is 202 g/mol. The number of aliphatic imine (C=N–C) groups is 1. The molecule has 1 aliphatic rings. The Morgan fingerprint density at radius 1 is 1.69 bits per heavy atom. The zero-order valence-electron chi connectivity index (χ0n) is 8.03. The number of nitrogens with zero attached hydrogens (tertiary/aromatic N) is 1. The molecule has 0 aromatic rings. The Balaban J connectivity index is 2.54. The Bertz CT molecular complexity index is 251. The van der Waals surface area contributed by atoms with Crippen molar-refractivity contribution in [1.82, 2.24) is 0 Å². The minimum Gasteiger partial charge on any atom is -0.452 e. The molecular weight excluding hydrogens is 188 g/mol. The first kappa shape index (κ1) is 10.4. The lowest BCUT2D eigenvalue weighted by molar-refractivity contribution is -0.123. The molecule has 74 valence electrons. The summed E-state index contributed by atoms with van der Waals surface area (Å²) >= 11 is 1.69. The van der Waals surface area contributed by atoms with Crippen LogP contribution in [0.4, 0.5) is 0 Å². The molecule has 0 spiro atoms. The van der Waals surface area contributed by atoms with Gasteiger partial charge in [0.1, 0.15) is 0 Å². The molecule has 1 heterocycles. The van der Waals surface area contributed by atoms with Crippen LogP contribution in [0.5, 0.6) is 0 Å². The van der Waals surface area contributed by atoms with Gasteiger partial charge in [-0.2, -0.15) is 16.8 Å². The molecule has 4 nitrogen and oxygen atoms in total. The van der Waals surface area contributed by atoms with Crippen molar-refractivity contribution in [2.75, 3.05) is 6.26 Å². The van der Waals surface area contributed by atoms with Gasteiger partial charge in [0.05, 0.1) is 0 Å². The molecule has 0 radical (unpaired) electrons. The molecule has 1 unspecified atom stereocenters. The maximum Gasteiger partial charge on any atom is 0.291 e. The van der Waals surface area contributed by atoms with Crippen molar-refractivity contribution in [2.24, 2.45) is 10.7 Å². The second-order valence-corrected chi connectivity index (χ2v) is 5.08. The lowest BCUT2D eigenvalue weighted by Gasteiger charge is -2.23. The van der Waals surface area contributed by atoms with Crippen LogP contribution in [-0.4, -0.2) is 29.0 Å². The predicted molar refractivity (Wildman–Crippen MR) is 53.7 cm³/mol. The van der Waals surface area contributed by atoms with E-state index in [-0.39, 0.29) is 16.7 Å². The quantitative estimate of drug-likeness (QED) is 0.733. The van der Waals surface area contributed by atoms with Crippen molar-refractivity contribution >= 4 is 23.7 Å². The minimum atomic E-state index is -0.484. The summed E-state index contributed by atoms with van der Waals surface area (Å²) in [6.45, 7) is 4.12. The smallest absolute Gasteiger partial charge is 0.291 e. The summed E-state index contributed by atoms with van der Waals surface area (Å²) in [6, 6.07) is -0.00750. The molecule has 1 atom stereocenters. The number of ether oxygens (including phenoxy) is 1. The lowest BCUT2D eigenvalue weighted by Crippen LogP contribution is -2.29. The number of carbonyl (C=O) groups is 1. The van der Waals surface area contributed by atoms with Crippen LogP contribution in [0.2, 0.25) is 0 Å². The van der Waals surface area contributed by atoms with E-state index in [1.54, 1.807) is 11.8 Å². The summed E-state index contributed by atoms with van der Waals surface area (Å²) in [5.74, 6) is -0.264. The summed E-state index contributed by atoms with van der Waals surface area (Å²) < 4.78 is 5.09. The molecule has 1 aliphatic heterocycles. The standard InChI is InChI=1S/C8H14N2O2S/c1-8(2,13-3)4-5-6(11)10-7(9)12-5/h5H,4H2,1-3H3,(H2,9,10,11). The third-order valence-electron chi connectivity index (χ3n) is 1.99. The molecule has 1 amide bonds. The van der Waals surface area contributed by atoms with Gasteiger partial charge in [0.2, 0.25) is 0 Å². The van der Waals surface area contributed by atoms with Gasteiger partial charge in [0.15, 0.2) is 6.10 Å². The van der Waals surface area contributed by atoms with Crippen molar-refractivity contribution in [3.63, 3.8) is 0 Å². The highest BCUT2D eigenvalue weighted by molar-refractivity contribution is 7.99. The normalized spacial score (nSPS) is 22.8. The number of hydrogen-bond donors (Lipinski definition) is 1. The van der Waals surface area contributed by atoms with Gasteiger partial charge in [0.25, 0.3) is 11.9 Å². The summed E-state index contributed by atoms with van der Waals surface area (Å²) in [6.07, 6.45) is 2.16. The molecule has 0 aromatic carbocycles. The topological polar surface area (TPSA) is 64.7 Å². The molecule has 0 aromatic heterocycles. The fourth-order valence-electron chi connectivity index (χ4n) is 1.06. The maximum atomic E-state index is 11.2. The molecule has 5 heteroatoms. The van der Waals surface area contributed by atoms with Crippen molar-refractivity contribution in [1.29, 1.82) is 0 Å². The van der Waals surface area contributed by atoms with E-state index >= 15 is 0 Å². The first-order chi connectivity index (χ1) is 5.94. The molecule has 0 bridgehead atoms. The van der Waals surface area contributed by atoms with Gasteiger partial charge >= 0.3 is 0 Å². The van der Waals surface area contributed by atoms with Crippen LogP contribution in [0.15, 0.2) is 4.99 Å². The molecule has 1 rings (SSSR count). The largest absolute Gasteiger partial charge is 0.452 e. The number of amides is 1. The Kier molecular flexibility index (Phi) is 2.85. The highest BCUT2D eigenvalue weighted by atomic mass is 32.2. The van der Waals surface area contributed by atoms with Crippen LogP contribution in [-0.2, 0) is 9.53 Å². The Morgan fingerprint density at radius 3 is 2.69 bits per heavy atom. The van der Waals surface area contributed by atoms with E-state index in [0.717, 1.165) is 0 Å². The SMILES string of the molecule is CSC(C)(C)CC1OC(N)=NC1=O. The first-order valence-electron chi connectivity index (χ1n) is 4.04. The van der Waals surface area contributed by atoms with Gasteiger partial charge in [-0.25, -0.2) is 0 Å². The summed E-state index contributed by atoms with van der Waals surface area (Å²) in [5.41, 5.74) is 5.28. The molecule has 0 saturated heterocycles. The fraction of sp³-hybridized carbons (Fsp3) is 0.750. The summed E-state index contributed by atoms with van der Waals surface area (Å²) in [7, 11) is 0. The van der Waals surface area contributed by atoms with E-state index in [9.17, 15) is 4.79 Å². The number of carbonyl (C=O) groups excluding carboxylic acids is 1. The maximum absolute atomic E-state index is 11.2. The summed E-state index contributed by atoms with van der Waals surface area (Å²) in [5, 5.41) is 0. The van der Waals surface area contributed by atoms with E-state index in [0.29, 0.717) is 6.42 Å². The number of amidine groups is 1. The molecule has 13 heavy (non-hydrogen) atoms. The third-order valence-corrected chi connectivity index (χ3v) is 3.26. The van der Waals surface area contributed by atoms with Gasteiger partial charge in [-0.05, 0) is 6.26 Å². The highest BCUT2D eigenvalue weighted by Gasteiger charge is 2.33. The molecular formula is C8H14N2O2S. The minimum absolute atomic E-state index is 0.00750.